The van der Waals surface area contributed by atoms with Crippen LogP contribution in [0.5, 0.6) is 5.75 Å². The summed E-state index contributed by atoms with van der Waals surface area (Å²) in [5.41, 5.74) is 1.31. The lowest BCUT2D eigenvalue weighted by atomic mass is 9.99. The number of rotatable bonds is 8. The van der Waals surface area contributed by atoms with E-state index in [2.05, 4.69) is 26.0 Å². The summed E-state index contributed by atoms with van der Waals surface area (Å²) in [6.45, 7) is 4.87. The van der Waals surface area contributed by atoms with Gasteiger partial charge in [0.1, 0.15) is 5.75 Å². The third-order valence-electron chi connectivity index (χ3n) is 3.11. The normalized spacial score (nSPS) is 13.2. The largest absolute Gasteiger partial charge is 0.494 e. The van der Waals surface area contributed by atoms with E-state index in [4.69, 9.17) is 15.4 Å². The van der Waals surface area contributed by atoms with Crippen LogP contribution in [0, 0.1) is 0 Å². The molecule has 5 heteroatoms. The van der Waals surface area contributed by atoms with Crippen molar-refractivity contribution < 1.29 is 13.2 Å². The lowest BCUT2D eigenvalue weighted by Crippen LogP contribution is -2.02. The summed E-state index contributed by atoms with van der Waals surface area (Å²) in [5.74, 6) is 1.38. The third-order valence-corrected chi connectivity index (χ3v) is 4.35. The maximum Gasteiger partial charge on any atom is 0.232 e. The molecule has 0 spiro atoms. The van der Waals surface area contributed by atoms with Crippen molar-refractivity contribution in [2.45, 2.75) is 39.0 Å². The van der Waals surface area contributed by atoms with Gasteiger partial charge in [-0.15, -0.1) is 0 Å². The first-order chi connectivity index (χ1) is 8.92. The Kier molecular flexibility index (Phi) is 6.66. The SMILES string of the molecule is CCC(C)c1ccc(OCCCCS(=O)(=O)Cl)cc1. The van der Waals surface area contributed by atoms with E-state index >= 15 is 0 Å². The zero-order chi connectivity index (χ0) is 14.3. The van der Waals surface area contributed by atoms with Gasteiger partial charge in [0, 0.05) is 10.7 Å². The predicted octanol–water partition coefficient (Wildman–Crippen LogP) is 3.93. The quantitative estimate of drug-likeness (QED) is 0.540. The molecule has 0 N–H and O–H groups in total. The van der Waals surface area contributed by atoms with Gasteiger partial charge in [0.05, 0.1) is 12.4 Å². The molecule has 0 saturated heterocycles. The zero-order valence-corrected chi connectivity index (χ0v) is 13.0. The molecule has 0 aromatic heterocycles. The second kappa shape index (κ2) is 7.75. The van der Waals surface area contributed by atoms with Crippen LogP contribution < -0.4 is 4.74 Å². The number of unbranched alkanes of at least 4 members (excludes halogenated alkanes) is 1. The second-order valence-electron chi connectivity index (χ2n) is 4.68. The van der Waals surface area contributed by atoms with Crippen LogP contribution in [0.4, 0.5) is 0 Å². The van der Waals surface area contributed by atoms with Crippen molar-refractivity contribution in [2.75, 3.05) is 12.4 Å². The Morgan fingerprint density at radius 1 is 1.21 bits per heavy atom. The van der Waals surface area contributed by atoms with Crippen molar-refractivity contribution in [3.05, 3.63) is 29.8 Å². The molecular weight excluding hydrogens is 284 g/mol. The molecule has 0 radical (unpaired) electrons. The summed E-state index contributed by atoms with van der Waals surface area (Å²) < 4.78 is 27.0. The van der Waals surface area contributed by atoms with Crippen LogP contribution in [0.25, 0.3) is 0 Å². The summed E-state index contributed by atoms with van der Waals surface area (Å²) in [4.78, 5) is 0. The van der Waals surface area contributed by atoms with Crippen molar-refractivity contribution in [3.8, 4) is 5.75 Å². The van der Waals surface area contributed by atoms with Crippen LogP contribution in [0.2, 0.25) is 0 Å². The molecule has 0 bridgehead atoms. The highest BCUT2D eigenvalue weighted by atomic mass is 35.7. The minimum atomic E-state index is -3.37. The van der Waals surface area contributed by atoms with Gasteiger partial charge in [-0.2, -0.15) is 0 Å². The number of halogens is 1. The minimum absolute atomic E-state index is 0.00483. The van der Waals surface area contributed by atoms with Crippen LogP contribution in [0.3, 0.4) is 0 Å². The Bertz CT molecular complexity index is 468. The van der Waals surface area contributed by atoms with Gasteiger partial charge in [0.2, 0.25) is 9.05 Å². The first-order valence-electron chi connectivity index (χ1n) is 6.57. The van der Waals surface area contributed by atoms with E-state index in [1.54, 1.807) is 0 Å². The van der Waals surface area contributed by atoms with Gasteiger partial charge >= 0.3 is 0 Å². The molecule has 19 heavy (non-hydrogen) atoms. The maximum atomic E-state index is 10.7. The molecule has 1 rings (SSSR count). The minimum Gasteiger partial charge on any atom is -0.494 e. The molecule has 1 atom stereocenters. The maximum absolute atomic E-state index is 10.7. The number of hydrogen-bond acceptors (Lipinski definition) is 3. The van der Waals surface area contributed by atoms with Crippen molar-refractivity contribution in [1.82, 2.24) is 0 Å². The molecule has 0 aliphatic heterocycles. The Morgan fingerprint density at radius 3 is 2.37 bits per heavy atom. The summed E-state index contributed by atoms with van der Waals surface area (Å²) in [7, 11) is 1.75. The molecule has 0 aliphatic carbocycles. The van der Waals surface area contributed by atoms with Crippen molar-refractivity contribution >= 4 is 19.7 Å². The van der Waals surface area contributed by atoms with Gasteiger partial charge < -0.3 is 4.74 Å². The summed E-state index contributed by atoms with van der Waals surface area (Å²) in [6.07, 6.45) is 2.32. The van der Waals surface area contributed by atoms with Crippen molar-refractivity contribution in [3.63, 3.8) is 0 Å². The second-order valence-corrected chi connectivity index (χ2v) is 7.57. The fourth-order valence-corrected chi connectivity index (χ4v) is 2.57. The summed E-state index contributed by atoms with van der Waals surface area (Å²) in [5, 5.41) is 0. The van der Waals surface area contributed by atoms with E-state index in [1.807, 2.05) is 12.1 Å². The predicted molar refractivity (Wildman–Crippen MR) is 79.5 cm³/mol. The molecule has 1 unspecified atom stereocenters. The van der Waals surface area contributed by atoms with Gasteiger partial charge in [-0.1, -0.05) is 26.0 Å². The molecule has 1 aromatic carbocycles. The Hall–Kier alpha value is -0.740. The molecule has 0 heterocycles. The summed E-state index contributed by atoms with van der Waals surface area (Å²) >= 11 is 0. The van der Waals surface area contributed by atoms with Crippen LogP contribution in [-0.2, 0) is 9.05 Å². The van der Waals surface area contributed by atoms with E-state index in [0.717, 1.165) is 12.2 Å². The summed E-state index contributed by atoms with van der Waals surface area (Å²) in [6, 6.07) is 8.07. The highest BCUT2D eigenvalue weighted by Gasteiger charge is 2.05. The third kappa shape index (κ3) is 6.83. The standard InChI is InChI=1S/C14H21ClO3S/c1-3-12(2)13-6-8-14(9-7-13)18-10-4-5-11-19(15,16)17/h6-9,12H,3-5,10-11H2,1-2H3. The van der Waals surface area contributed by atoms with Crippen LogP contribution in [0.15, 0.2) is 24.3 Å². The fraction of sp³-hybridized carbons (Fsp3) is 0.571. The zero-order valence-electron chi connectivity index (χ0n) is 11.4. The molecular formula is C14H21ClO3S. The fourth-order valence-electron chi connectivity index (χ4n) is 1.69. The van der Waals surface area contributed by atoms with E-state index < -0.39 is 9.05 Å². The van der Waals surface area contributed by atoms with E-state index in [-0.39, 0.29) is 5.75 Å². The lowest BCUT2D eigenvalue weighted by Gasteiger charge is -2.10. The molecule has 0 amide bonds. The molecule has 108 valence electrons. The smallest absolute Gasteiger partial charge is 0.232 e. The molecule has 1 aromatic rings. The van der Waals surface area contributed by atoms with Gasteiger partial charge in [-0.3, -0.25) is 0 Å². The number of hydrogen-bond donors (Lipinski definition) is 0. The highest BCUT2D eigenvalue weighted by Crippen LogP contribution is 2.21. The van der Waals surface area contributed by atoms with Gasteiger partial charge in [-0.25, -0.2) is 8.42 Å². The first-order valence-corrected chi connectivity index (χ1v) is 9.05. The first kappa shape index (κ1) is 16.3. The van der Waals surface area contributed by atoms with Crippen molar-refractivity contribution in [2.24, 2.45) is 0 Å². The Balaban J connectivity index is 2.30. The van der Waals surface area contributed by atoms with Crippen LogP contribution in [0.1, 0.15) is 44.6 Å². The average Bonchev–Trinajstić information content (AvgIpc) is 2.37. The van der Waals surface area contributed by atoms with Crippen LogP contribution in [-0.4, -0.2) is 20.8 Å². The Morgan fingerprint density at radius 2 is 1.84 bits per heavy atom. The number of benzene rings is 1. The Labute approximate surface area is 120 Å². The average molecular weight is 305 g/mol. The van der Waals surface area contributed by atoms with E-state index in [0.29, 0.717) is 25.4 Å². The molecule has 0 aliphatic rings. The van der Waals surface area contributed by atoms with Crippen LogP contribution >= 0.6 is 10.7 Å². The monoisotopic (exact) mass is 304 g/mol. The van der Waals surface area contributed by atoms with Gasteiger partial charge in [0.15, 0.2) is 0 Å². The number of ether oxygens (including phenoxy) is 1. The van der Waals surface area contributed by atoms with Gasteiger partial charge in [0.25, 0.3) is 0 Å². The van der Waals surface area contributed by atoms with Crippen molar-refractivity contribution in [1.29, 1.82) is 0 Å². The van der Waals surface area contributed by atoms with E-state index in [1.165, 1.54) is 5.56 Å². The van der Waals surface area contributed by atoms with E-state index in [9.17, 15) is 8.42 Å². The topological polar surface area (TPSA) is 43.4 Å². The molecule has 3 nitrogen and oxygen atoms in total. The highest BCUT2D eigenvalue weighted by molar-refractivity contribution is 8.13. The lowest BCUT2D eigenvalue weighted by molar-refractivity contribution is 0.309. The van der Waals surface area contributed by atoms with Gasteiger partial charge in [-0.05, 0) is 42.9 Å². The molecule has 0 fully saturated rings. The molecule has 0 saturated carbocycles.